The summed E-state index contributed by atoms with van der Waals surface area (Å²) >= 11 is 0. The van der Waals surface area contributed by atoms with E-state index in [2.05, 4.69) is 20.8 Å². The third-order valence-corrected chi connectivity index (χ3v) is 4.35. The van der Waals surface area contributed by atoms with E-state index in [1.165, 1.54) is 29.7 Å². The molecule has 1 aliphatic carbocycles. The van der Waals surface area contributed by atoms with Gasteiger partial charge in [-0.15, -0.1) is 0 Å². The van der Waals surface area contributed by atoms with E-state index in [4.69, 9.17) is 4.74 Å². The lowest BCUT2D eigenvalue weighted by Gasteiger charge is -2.09. The Balaban J connectivity index is 0.000000647. The first-order chi connectivity index (χ1) is 11.6. The predicted octanol–water partition coefficient (Wildman–Crippen LogP) is 4.98. The van der Waals surface area contributed by atoms with Gasteiger partial charge in [0.1, 0.15) is 5.75 Å². The number of fused-ring (bicyclic) bond motifs is 1. The van der Waals surface area contributed by atoms with E-state index in [9.17, 15) is 4.79 Å². The highest BCUT2D eigenvalue weighted by Gasteiger charge is 2.21. The Bertz CT molecular complexity index is 685. The van der Waals surface area contributed by atoms with Crippen molar-refractivity contribution < 1.29 is 9.53 Å². The van der Waals surface area contributed by atoms with Gasteiger partial charge in [0.15, 0.2) is 0 Å². The molecule has 0 saturated heterocycles. The van der Waals surface area contributed by atoms with Crippen LogP contribution < -0.4 is 4.74 Å². The minimum absolute atomic E-state index is 0.187. The molecule has 1 aliphatic rings. The Morgan fingerprint density at radius 2 is 1.92 bits per heavy atom. The van der Waals surface area contributed by atoms with Crippen LogP contribution in [0.5, 0.6) is 5.75 Å². The smallest absolute Gasteiger partial charge is 0.231 e. The van der Waals surface area contributed by atoms with Crippen molar-refractivity contribution in [2.45, 2.75) is 59.3 Å². The van der Waals surface area contributed by atoms with Gasteiger partial charge in [-0.2, -0.15) is 0 Å². The van der Waals surface area contributed by atoms with E-state index in [0.717, 1.165) is 30.6 Å². The molecule has 24 heavy (non-hydrogen) atoms. The number of methoxy groups -OCH3 is 1. The molecule has 1 heterocycles. The number of hydrogen-bond donors (Lipinski definition) is 0. The zero-order valence-corrected chi connectivity index (χ0v) is 15.4. The quantitative estimate of drug-likeness (QED) is 0.793. The molecular formula is C21H29NO2. The van der Waals surface area contributed by atoms with Gasteiger partial charge < -0.3 is 4.74 Å². The fourth-order valence-electron chi connectivity index (χ4n) is 3.26. The van der Waals surface area contributed by atoms with Crippen LogP contribution in [-0.2, 0) is 19.3 Å². The van der Waals surface area contributed by atoms with Crippen LogP contribution >= 0.6 is 0 Å². The number of carbonyl (C=O) groups excluding carboxylic acids is 1. The molecule has 1 aromatic heterocycles. The molecule has 0 radical (unpaired) electrons. The second kappa shape index (κ2) is 8.72. The largest absolute Gasteiger partial charge is 0.496 e. The summed E-state index contributed by atoms with van der Waals surface area (Å²) in [6.07, 6.45) is 7.81. The normalized spacial score (nSPS) is 12.3. The maximum absolute atomic E-state index is 12.5. The Kier molecular flexibility index (Phi) is 6.65. The lowest BCUT2D eigenvalue weighted by molar-refractivity contribution is 0.0900. The van der Waals surface area contributed by atoms with Crippen molar-refractivity contribution in [3.05, 3.63) is 52.8 Å². The predicted molar refractivity (Wildman–Crippen MR) is 99.1 cm³/mol. The number of ether oxygens (including phenoxy) is 1. The van der Waals surface area contributed by atoms with Crippen molar-refractivity contribution in [3.63, 3.8) is 0 Å². The molecule has 3 nitrogen and oxygen atoms in total. The molecule has 130 valence electrons. The monoisotopic (exact) mass is 327 g/mol. The molecule has 0 N–H and O–H groups in total. The summed E-state index contributed by atoms with van der Waals surface area (Å²) in [5.74, 6) is 1.05. The second-order valence-electron chi connectivity index (χ2n) is 6.37. The van der Waals surface area contributed by atoms with Crippen LogP contribution in [0, 0.1) is 6.92 Å². The first-order valence-corrected chi connectivity index (χ1v) is 8.97. The fourth-order valence-corrected chi connectivity index (χ4v) is 3.26. The van der Waals surface area contributed by atoms with Crippen molar-refractivity contribution in [2.24, 2.45) is 0 Å². The highest BCUT2D eigenvalue weighted by atomic mass is 16.5. The van der Waals surface area contributed by atoms with E-state index in [1.54, 1.807) is 7.11 Å². The van der Waals surface area contributed by atoms with Crippen LogP contribution in [0.25, 0.3) is 0 Å². The van der Waals surface area contributed by atoms with E-state index in [-0.39, 0.29) is 5.91 Å². The van der Waals surface area contributed by atoms with Gasteiger partial charge in [0, 0.05) is 18.3 Å². The van der Waals surface area contributed by atoms with E-state index >= 15 is 0 Å². The van der Waals surface area contributed by atoms with E-state index in [1.807, 2.05) is 35.0 Å². The van der Waals surface area contributed by atoms with Crippen molar-refractivity contribution in [1.82, 2.24) is 4.57 Å². The van der Waals surface area contributed by atoms with Gasteiger partial charge in [0.05, 0.1) is 7.11 Å². The number of hydrogen-bond acceptors (Lipinski definition) is 2. The fraction of sp³-hybridized carbons (Fsp3) is 0.476. The molecule has 0 spiro atoms. The summed E-state index contributed by atoms with van der Waals surface area (Å²) < 4.78 is 7.23. The number of aromatic nitrogens is 1. The van der Waals surface area contributed by atoms with E-state index in [0.29, 0.717) is 6.42 Å². The number of nitrogens with zero attached hydrogens (tertiary/aromatic N) is 1. The van der Waals surface area contributed by atoms with Gasteiger partial charge in [-0.25, -0.2) is 0 Å². The average molecular weight is 327 g/mol. The first kappa shape index (κ1) is 18.3. The van der Waals surface area contributed by atoms with Crippen molar-refractivity contribution in [1.29, 1.82) is 0 Å². The standard InChI is InChI=1S/C18H21NO2.C3H8/c1-13-12-19(16-8-5-7-15(13)16)18(20)11-10-14-6-3-4-9-17(14)21-2;1-3-2/h3-4,6,9,12H,5,7-8,10-11H2,1-2H3;3H2,1-2H3. The molecule has 0 fully saturated rings. The Morgan fingerprint density at radius 3 is 2.62 bits per heavy atom. The highest BCUT2D eigenvalue weighted by Crippen LogP contribution is 2.27. The lowest BCUT2D eigenvalue weighted by atomic mass is 10.1. The maximum Gasteiger partial charge on any atom is 0.231 e. The van der Waals surface area contributed by atoms with Gasteiger partial charge >= 0.3 is 0 Å². The molecular weight excluding hydrogens is 298 g/mol. The number of benzene rings is 1. The Morgan fingerprint density at radius 1 is 1.21 bits per heavy atom. The topological polar surface area (TPSA) is 31.2 Å². The van der Waals surface area contributed by atoms with Gasteiger partial charge in [-0.3, -0.25) is 9.36 Å². The zero-order valence-electron chi connectivity index (χ0n) is 15.4. The summed E-state index contributed by atoms with van der Waals surface area (Å²) in [7, 11) is 1.67. The Hall–Kier alpha value is -2.03. The van der Waals surface area contributed by atoms with Gasteiger partial charge in [-0.1, -0.05) is 38.5 Å². The zero-order chi connectivity index (χ0) is 17.5. The number of rotatable bonds is 4. The molecule has 0 aliphatic heterocycles. The molecule has 1 aromatic carbocycles. The minimum Gasteiger partial charge on any atom is -0.496 e. The SMILES string of the molecule is CCC.COc1ccccc1CCC(=O)n1cc(C)c2c1CCC2. The van der Waals surface area contributed by atoms with Crippen LogP contribution in [0.15, 0.2) is 30.5 Å². The van der Waals surface area contributed by atoms with Crippen molar-refractivity contribution in [3.8, 4) is 5.75 Å². The van der Waals surface area contributed by atoms with Gasteiger partial charge in [-0.05, 0) is 55.4 Å². The third kappa shape index (κ3) is 4.08. The molecule has 0 unspecified atom stereocenters. The van der Waals surface area contributed by atoms with Crippen LogP contribution in [0.2, 0.25) is 0 Å². The average Bonchev–Trinajstić information content (AvgIpc) is 3.18. The van der Waals surface area contributed by atoms with Gasteiger partial charge in [0.25, 0.3) is 0 Å². The summed E-state index contributed by atoms with van der Waals surface area (Å²) in [5.41, 5.74) is 4.97. The molecule has 2 aromatic rings. The number of aryl methyl sites for hydroxylation is 2. The van der Waals surface area contributed by atoms with Crippen LogP contribution in [-0.4, -0.2) is 17.6 Å². The third-order valence-electron chi connectivity index (χ3n) is 4.35. The molecule has 0 saturated carbocycles. The molecule has 0 atom stereocenters. The van der Waals surface area contributed by atoms with Gasteiger partial charge in [0.2, 0.25) is 5.91 Å². The number of para-hydroxylation sites is 1. The molecule has 3 heteroatoms. The van der Waals surface area contributed by atoms with E-state index < -0.39 is 0 Å². The highest BCUT2D eigenvalue weighted by molar-refractivity contribution is 5.81. The first-order valence-electron chi connectivity index (χ1n) is 8.97. The maximum atomic E-state index is 12.5. The molecule has 0 bridgehead atoms. The molecule has 3 rings (SSSR count). The second-order valence-corrected chi connectivity index (χ2v) is 6.37. The summed E-state index contributed by atoms with van der Waals surface area (Å²) in [6.45, 7) is 6.36. The summed E-state index contributed by atoms with van der Waals surface area (Å²) in [5, 5.41) is 0. The minimum atomic E-state index is 0.187. The van der Waals surface area contributed by atoms with Crippen molar-refractivity contribution >= 4 is 5.91 Å². The Labute approximate surface area is 145 Å². The summed E-state index contributed by atoms with van der Waals surface area (Å²) in [4.78, 5) is 12.5. The number of carbonyl (C=O) groups is 1. The lowest BCUT2D eigenvalue weighted by Crippen LogP contribution is -2.13. The summed E-state index contributed by atoms with van der Waals surface area (Å²) in [6, 6.07) is 7.90. The molecule has 0 amide bonds. The van der Waals surface area contributed by atoms with Crippen LogP contribution in [0.4, 0.5) is 0 Å². The van der Waals surface area contributed by atoms with Crippen LogP contribution in [0.1, 0.15) is 60.3 Å². The van der Waals surface area contributed by atoms with Crippen LogP contribution in [0.3, 0.4) is 0 Å². The van der Waals surface area contributed by atoms with Crippen molar-refractivity contribution in [2.75, 3.05) is 7.11 Å².